The van der Waals surface area contributed by atoms with Gasteiger partial charge in [0.25, 0.3) is 5.69 Å². The molecule has 0 N–H and O–H groups in total. The number of rotatable bonds is 4. The molecule has 1 atom stereocenters. The molecule has 0 saturated heterocycles. The van der Waals surface area contributed by atoms with Crippen molar-refractivity contribution in [3.8, 4) is 0 Å². The number of nitro groups is 1. The van der Waals surface area contributed by atoms with E-state index in [0.717, 1.165) is 5.69 Å². The van der Waals surface area contributed by atoms with Crippen LogP contribution in [0.2, 0.25) is 0 Å². The Kier molecular flexibility index (Phi) is 3.95. The Bertz CT molecular complexity index is 616. The first kappa shape index (κ1) is 13.7. The number of nitrogens with zero attached hydrogens (tertiary/aromatic N) is 3. The summed E-state index contributed by atoms with van der Waals surface area (Å²) in [6.45, 7) is 4.06. The summed E-state index contributed by atoms with van der Waals surface area (Å²) in [5.41, 5.74) is 1.49. The van der Waals surface area contributed by atoms with Gasteiger partial charge in [-0.25, -0.2) is 9.97 Å². The minimum absolute atomic E-state index is 0.0409. The lowest BCUT2D eigenvalue weighted by Gasteiger charge is -2.13. The van der Waals surface area contributed by atoms with E-state index in [4.69, 9.17) is 11.6 Å². The van der Waals surface area contributed by atoms with E-state index in [9.17, 15) is 10.1 Å². The van der Waals surface area contributed by atoms with Gasteiger partial charge in [-0.1, -0.05) is 13.8 Å². The number of benzene rings is 1. The molecule has 1 heterocycles. The molecule has 19 heavy (non-hydrogen) atoms. The van der Waals surface area contributed by atoms with Crippen LogP contribution in [0.15, 0.2) is 24.5 Å². The highest BCUT2D eigenvalue weighted by Gasteiger charge is 2.15. The van der Waals surface area contributed by atoms with Gasteiger partial charge in [0, 0.05) is 29.3 Å². The summed E-state index contributed by atoms with van der Waals surface area (Å²) in [7, 11) is 0. The first-order chi connectivity index (χ1) is 8.99. The summed E-state index contributed by atoms with van der Waals surface area (Å²) < 4.78 is 0. The van der Waals surface area contributed by atoms with E-state index >= 15 is 0 Å². The highest BCUT2D eigenvalue weighted by atomic mass is 35.5. The topological polar surface area (TPSA) is 68.9 Å². The largest absolute Gasteiger partial charge is 0.270 e. The number of aromatic nitrogens is 2. The summed E-state index contributed by atoms with van der Waals surface area (Å²) in [4.78, 5) is 18.7. The van der Waals surface area contributed by atoms with Crippen molar-refractivity contribution >= 4 is 28.2 Å². The Morgan fingerprint density at radius 2 is 2.11 bits per heavy atom. The molecule has 0 saturated carbocycles. The van der Waals surface area contributed by atoms with Crippen molar-refractivity contribution in [1.29, 1.82) is 0 Å². The summed E-state index contributed by atoms with van der Waals surface area (Å²) in [6, 6.07) is 4.59. The van der Waals surface area contributed by atoms with Gasteiger partial charge < -0.3 is 0 Å². The lowest BCUT2D eigenvalue weighted by atomic mass is 10.0. The zero-order valence-electron chi connectivity index (χ0n) is 10.7. The van der Waals surface area contributed by atoms with Crippen LogP contribution in [0.25, 0.3) is 10.9 Å². The molecule has 0 aliphatic heterocycles. The molecule has 5 nitrogen and oxygen atoms in total. The third-order valence-electron chi connectivity index (χ3n) is 3.02. The van der Waals surface area contributed by atoms with Crippen molar-refractivity contribution in [3.05, 3.63) is 40.3 Å². The third-order valence-corrected chi connectivity index (χ3v) is 3.68. The molecule has 0 aliphatic rings. The standard InChI is InChI=1S/C13H14ClN3O2/c1-8(2)11(14)6-13-10-5-9(17(18)19)3-4-12(10)15-7-16-13/h3-5,7-8,11H,6H2,1-2H3. The van der Waals surface area contributed by atoms with Gasteiger partial charge in [0.1, 0.15) is 6.33 Å². The molecular formula is C13H14ClN3O2. The van der Waals surface area contributed by atoms with Crippen LogP contribution in [0.4, 0.5) is 5.69 Å². The van der Waals surface area contributed by atoms with Crippen LogP contribution >= 0.6 is 11.6 Å². The van der Waals surface area contributed by atoms with Gasteiger partial charge in [-0.3, -0.25) is 10.1 Å². The van der Waals surface area contributed by atoms with Crippen molar-refractivity contribution in [2.75, 3.05) is 0 Å². The summed E-state index contributed by atoms with van der Waals surface area (Å²) >= 11 is 6.26. The smallest absolute Gasteiger partial charge is 0.258 e. The van der Waals surface area contributed by atoms with E-state index in [2.05, 4.69) is 9.97 Å². The SMILES string of the molecule is CC(C)C(Cl)Cc1ncnc2ccc([N+](=O)[O-])cc12. The van der Waals surface area contributed by atoms with Crippen LogP contribution in [0.1, 0.15) is 19.5 Å². The van der Waals surface area contributed by atoms with Crippen LogP contribution in [-0.4, -0.2) is 20.3 Å². The number of fused-ring (bicyclic) bond motifs is 1. The van der Waals surface area contributed by atoms with Crippen LogP contribution in [0.3, 0.4) is 0 Å². The molecular weight excluding hydrogens is 266 g/mol. The monoisotopic (exact) mass is 279 g/mol. The quantitative estimate of drug-likeness (QED) is 0.489. The molecule has 0 fully saturated rings. The maximum absolute atomic E-state index is 10.8. The number of non-ortho nitro benzene ring substituents is 1. The average molecular weight is 280 g/mol. The van der Waals surface area contributed by atoms with Crippen molar-refractivity contribution in [3.63, 3.8) is 0 Å². The molecule has 1 aromatic heterocycles. The van der Waals surface area contributed by atoms with E-state index in [-0.39, 0.29) is 11.1 Å². The predicted octanol–water partition coefficient (Wildman–Crippen LogP) is 3.34. The van der Waals surface area contributed by atoms with Crippen molar-refractivity contribution in [2.24, 2.45) is 5.92 Å². The maximum Gasteiger partial charge on any atom is 0.270 e. The zero-order chi connectivity index (χ0) is 14.0. The fourth-order valence-electron chi connectivity index (χ4n) is 1.79. The highest BCUT2D eigenvalue weighted by Crippen LogP contribution is 2.24. The van der Waals surface area contributed by atoms with Crippen LogP contribution in [-0.2, 0) is 6.42 Å². The Balaban J connectivity index is 2.48. The molecule has 6 heteroatoms. The highest BCUT2D eigenvalue weighted by molar-refractivity contribution is 6.21. The molecule has 0 spiro atoms. The number of nitro benzene ring substituents is 1. The van der Waals surface area contributed by atoms with Crippen LogP contribution in [0, 0.1) is 16.0 Å². The van der Waals surface area contributed by atoms with E-state index in [1.165, 1.54) is 18.5 Å². The lowest BCUT2D eigenvalue weighted by molar-refractivity contribution is -0.384. The van der Waals surface area contributed by atoms with Crippen molar-refractivity contribution in [2.45, 2.75) is 25.6 Å². The maximum atomic E-state index is 10.8. The van der Waals surface area contributed by atoms with Crippen molar-refractivity contribution in [1.82, 2.24) is 9.97 Å². The number of hydrogen-bond donors (Lipinski definition) is 0. The molecule has 0 amide bonds. The predicted molar refractivity (Wildman–Crippen MR) is 74.4 cm³/mol. The average Bonchev–Trinajstić information content (AvgIpc) is 2.38. The Hall–Kier alpha value is -1.75. The summed E-state index contributed by atoms with van der Waals surface area (Å²) in [5, 5.41) is 11.5. The van der Waals surface area contributed by atoms with E-state index in [1.54, 1.807) is 6.07 Å². The van der Waals surface area contributed by atoms with Gasteiger partial charge in [0.2, 0.25) is 0 Å². The van der Waals surface area contributed by atoms with Gasteiger partial charge in [0.05, 0.1) is 16.1 Å². The van der Waals surface area contributed by atoms with Crippen molar-refractivity contribution < 1.29 is 4.92 Å². The minimum atomic E-state index is -0.420. The molecule has 0 bridgehead atoms. The number of alkyl halides is 1. The van der Waals surface area contributed by atoms with E-state index in [1.807, 2.05) is 13.8 Å². The fraction of sp³-hybridized carbons (Fsp3) is 0.385. The minimum Gasteiger partial charge on any atom is -0.258 e. The van der Waals surface area contributed by atoms with Gasteiger partial charge in [-0.2, -0.15) is 0 Å². The van der Waals surface area contributed by atoms with Gasteiger partial charge in [-0.05, 0) is 12.0 Å². The Labute approximate surface area is 115 Å². The molecule has 1 unspecified atom stereocenters. The number of halogens is 1. The molecule has 0 radical (unpaired) electrons. The van der Waals surface area contributed by atoms with Gasteiger partial charge in [0.15, 0.2) is 0 Å². The molecule has 100 valence electrons. The van der Waals surface area contributed by atoms with E-state index in [0.29, 0.717) is 23.2 Å². The second-order valence-electron chi connectivity index (χ2n) is 4.74. The second kappa shape index (κ2) is 5.48. The van der Waals surface area contributed by atoms with Gasteiger partial charge in [-0.15, -0.1) is 11.6 Å². The van der Waals surface area contributed by atoms with Crippen LogP contribution in [0.5, 0.6) is 0 Å². The summed E-state index contributed by atoms with van der Waals surface area (Å²) in [6.07, 6.45) is 2.03. The Morgan fingerprint density at radius 3 is 2.74 bits per heavy atom. The first-order valence-electron chi connectivity index (χ1n) is 6.01. The second-order valence-corrected chi connectivity index (χ2v) is 5.30. The fourth-order valence-corrected chi connectivity index (χ4v) is 1.94. The third kappa shape index (κ3) is 2.98. The molecule has 2 aromatic rings. The van der Waals surface area contributed by atoms with Crippen LogP contribution < -0.4 is 0 Å². The molecule has 0 aliphatic carbocycles. The zero-order valence-corrected chi connectivity index (χ0v) is 11.5. The van der Waals surface area contributed by atoms with Gasteiger partial charge >= 0.3 is 0 Å². The first-order valence-corrected chi connectivity index (χ1v) is 6.44. The summed E-state index contributed by atoms with van der Waals surface area (Å²) in [5.74, 6) is 0.311. The number of hydrogen-bond acceptors (Lipinski definition) is 4. The Morgan fingerprint density at radius 1 is 1.37 bits per heavy atom. The molecule has 2 rings (SSSR count). The van der Waals surface area contributed by atoms with E-state index < -0.39 is 4.92 Å². The molecule has 1 aromatic carbocycles. The lowest BCUT2D eigenvalue weighted by Crippen LogP contribution is -2.12. The normalized spacial score (nSPS) is 12.8.